The SMILES string of the molecule is CC(C)(C)OC(=O)N1C[C@@H](CN=[N+]=[N-])[C@H](O)C1. The molecule has 17 heavy (non-hydrogen) atoms. The molecule has 0 aromatic heterocycles. The van der Waals surface area contributed by atoms with Crippen molar-refractivity contribution in [2.24, 2.45) is 11.0 Å². The number of β-amino-alcohol motifs (C(OH)–C–C–N with tert-alkyl or cyclic N) is 1. The number of azide groups is 1. The van der Waals surface area contributed by atoms with Crippen molar-refractivity contribution in [3.05, 3.63) is 10.4 Å². The molecule has 1 aliphatic heterocycles. The Morgan fingerprint density at radius 2 is 2.24 bits per heavy atom. The summed E-state index contributed by atoms with van der Waals surface area (Å²) < 4.78 is 5.20. The Hall–Kier alpha value is -1.46. The van der Waals surface area contributed by atoms with Crippen LogP contribution in [0.15, 0.2) is 5.11 Å². The monoisotopic (exact) mass is 242 g/mol. The normalized spacial score (nSPS) is 24.4. The molecule has 96 valence electrons. The molecule has 0 bridgehead atoms. The first kappa shape index (κ1) is 13.6. The summed E-state index contributed by atoms with van der Waals surface area (Å²) in [5.74, 6) is -0.210. The molecule has 0 unspecified atom stereocenters. The maximum absolute atomic E-state index is 11.7. The molecule has 1 heterocycles. The van der Waals surface area contributed by atoms with E-state index < -0.39 is 17.8 Å². The van der Waals surface area contributed by atoms with Gasteiger partial charge in [-0.05, 0) is 26.3 Å². The number of amides is 1. The zero-order valence-electron chi connectivity index (χ0n) is 10.3. The van der Waals surface area contributed by atoms with E-state index >= 15 is 0 Å². The van der Waals surface area contributed by atoms with Gasteiger partial charge >= 0.3 is 6.09 Å². The second-order valence-corrected chi connectivity index (χ2v) is 5.13. The van der Waals surface area contributed by atoms with Crippen LogP contribution in [-0.2, 0) is 4.74 Å². The van der Waals surface area contributed by atoms with E-state index in [1.54, 1.807) is 20.8 Å². The molecule has 0 radical (unpaired) electrons. The number of likely N-dealkylation sites (tertiary alicyclic amines) is 1. The van der Waals surface area contributed by atoms with Gasteiger partial charge in [-0.25, -0.2) is 4.79 Å². The van der Waals surface area contributed by atoms with Gasteiger partial charge in [-0.3, -0.25) is 0 Å². The second kappa shape index (κ2) is 5.25. The van der Waals surface area contributed by atoms with Gasteiger partial charge < -0.3 is 14.7 Å². The summed E-state index contributed by atoms with van der Waals surface area (Å²) in [5, 5.41) is 13.1. The molecule has 1 saturated heterocycles. The first-order chi connectivity index (χ1) is 7.83. The van der Waals surface area contributed by atoms with Crippen molar-refractivity contribution in [1.82, 2.24) is 4.90 Å². The van der Waals surface area contributed by atoms with E-state index in [0.29, 0.717) is 6.54 Å². The summed E-state index contributed by atoms with van der Waals surface area (Å²) in [6, 6.07) is 0. The highest BCUT2D eigenvalue weighted by Crippen LogP contribution is 2.20. The molecule has 7 heteroatoms. The molecule has 1 rings (SSSR count). The van der Waals surface area contributed by atoms with Crippen molar-refractivity contribution < 1.29 is 14.6 Å². The van der Waals surface area contributed by atoms with Gasteiger partial charge in [-0.1, -0.05) is 5.11 Å². The highest BCUT2D eigenvalue weighted by Gasteiger charge is 2.35. The van der Waals surface area contributed by atoms with Crippen LogP contribution in [0.1, 0.15) is 20.8 Å². The van der Waals surface area contributed by atoms with Crippen LogP contribution in [0, 0.1) is 5.92 Å². The Morgan fingerprint density at radius 1 is 1.59 bits per heavy atom. The first-order valence-corrected chi connectivity index (χ1v) is 5.50. The molecule has 2 atom stereocenters. The molecule has 1 N–H and O–H groups in total. The summed E-state index contributed by atoms with van der Waals surface area (Å²) in [6.07, 6.45) is -1.10. The van der Waals surface area contributed by atoms with Gasteiger partial charge in [0, 0.05) is 23.9 Å². The Morgan fingerprint density at radius 3 is 2.76 bits per heavy atom. The minimum absolute atomic E-state index is 0.191. The number of rotatable bonds is 2. The molecule has 0 aromatic rings. The van der Waals surface area contributed by atoms with Crippen molar-refractivity contribution in [2.75, 3.05) is 19.6 Å². The highest BCUT2D eigenvalue weighted by atomic mass is 16.6. The Bertz CT molecular complexity index is 333. The lowest BCUT2D eigenvalue weighted by Crippen LogP contribution is -2.35. The van der Waals surface area contributed by atoms with Crippen LogP contribution < -0.4 is 0 Å². The van der Waals surface area contributed by atoms with E-state index in [-0.39, 0.29) is 19.0 Å². The van der Waals surface area contributed by atoms with Gasteiger partial charge in [0.1, 0.15) is 5.60 Å². The lowest BCUT2D eigenvalue weighted by atomic mass is 10.1. The van der Waals surface area contributed by atoms with Gasteiger partial charge in [-0.15, -0.1) is 0 Å². The van der Waals surface area contributed by atoms with Gasteiger partial charge in [0.05, 0.1) is 12.6 Å². The average Bonchev–Trinajstić information content (AvgIpc) is 2.54. The molecule has 0 aromatic carbocycles. The van der Waals surface area contributed by atoms with Crippen molar-refractivity contribution in [3.63, 3.8) is 0 Å². The van der Waals surface area contributed by atoms with Crippen LogP contribution in [0.2, 0.25) is 0 Å². The molecule has 0 spiro atoms. The fraction of sp³-hybridized carbons (Fsp3) is 0.900. The van der Waals surface area contributed by atoms with E-state index in [9.17, 15) is 9.90 Å². The molecule has 1 aliphatic rings. The van der Waals surface area contributed by atoms with Gasteiger partial charge in [-0.2, -0.15) is 0 Å². The summed E-state index contributed by atoms with van der Waals surface area (Å²) in [6.45, 7) is 6.13. The van der Waals surface area contributed by atoms with Crippen LogP contribution in [0.4, 0.5) is 4.79 Å². The molecule has 0 aliphatic carbocycles. The summed E-state index contributed by atoms with van der Waals surface area (Å²) in [4.78, 5) is 15.8. The van der Waals surface area contributed by atoms with E-state index in [4.69, 9.17) is 10.3 Å². The topological polar surface area (TPSA) is 98.5 Å². The predicted molar refractivity (Wildman–Crippen MR) is 61.3 cm³/mol. The number of carbonyl (C=O) groups excluding carboxylic acids is 1. The molecular weight excluding hydrogens is 224 g/mol. The van der Waals surface area contributed by atoms with Gasteiger partial charge in [0.15, 0.2) is 0 Å². The quantitative estimate of drug-likeness (QED) is 0.451. The lowest BCUT2D eigenvalue weighted by molar-refractivity contribution is 0.0270. The standard InChI is InChI=1S/C10H18N4O3/c1-10(2,3)17-9(16)14-5-7(4-12-13-11)8(15)6-14/h7-8,15H,4-6H2,1-3H3/t7-,8-/m1/s1. The Balaban J connectivity index is 2.53. The van der Waals surface area contributed by atoms with Gasteiger partial charge in [0.2, 0.25) is 0 Å². The number of hydrogen-bond acceptors (Lipinski definition) is 4. The number of ether oxygens (including phenoxy) is 1. The fourth-order valence-electron chi connectivity index (χ4n) is 1.65. The predicted octanol–water partition coefficient (Wildman–Crippen LogP) is 1.52. The third-order valence-electron chi connectivity index (χ3n) is 2.44. The third kappa shape index (κ3) is 4.13. The Kier molecular flexibility index (Phi) is 4.20. The first-order valence-electron chi connectivity index (χ1n) is 5.50. The fourth-order valence-corrected chi connectivity index (χ4v) is 1.65. The number of nitrogens with zero attached hydrogens (tertiary/aromatic N) is 4. The van der Waals surface area contributed by atoms with E-state index in [1.165, 1.54) is 4.90 Å². The van der Waals surface area contributed by atoms with Crippen molar-refractivity contribution in [2.45, 2.75) is 32.5 Å². The largest absolute Gasteiger partial charge is 0.444 e. The average molecular weight is 242 g/mol. The zero-order chi connectivity index (χ0) is 13.1. The molecule has 1 fully saturated rings. The molecular formula is C10H18N4O3. The third-order valence-corrected chi connectivity index (χ3v) is 2.44. The van der Waals surface area contributed by atoms with Crippen LogP contribution in [0.3, 0.4) is 0 Å². The summed E-state index contributed by atoms with van der Waals surface area (Å²) >= 11 is 0. The number of aliphatic hydroxyl groups excluding tert-OH is 1. The number of aliphatic hydroxyl groups is 1. The van der Waals surface area contributed by atoms with Crippen LogP contribution in [-0.4, -0.2) is 47.4 Å². The second-order valence-electron chi connectivity index (χ2n) is 5.13. The minimum Gasteiger partial charge on any atom is -0.444 e. The summed E-state index contributed by atoms with van der Waals surface area (Å²) in [5.41, 5.74) is 7.66. The van der Waals surface area contributed by atoms with Crippen LogP contribution in [0.25, 0.3) is 10.4 Å². The van der Waals surface area contributed by atoms with Crippen LogP contribution >= 0.6 is 0 Å². The molecule has 0 saturated carbocycles. The van der Waals surface area contributed by atoms with E-state index in [2.05, 4.69) is 10.0 Å². The van der Waals surface area contributed by atoms with Gasteiger partial charge in [0.25, 0.3) is 0 Å². The van der Waals surface area contributed by atoms with E-state index in [1.807, 2.05) is 0 Å². The van der Waals surface area contributed by atoms with Crippen molar-refractivity contribution in [3.8, 4) is 0 Å². The number of carbonyl (C=O) groups is 1. The summed E-state index contributed by atoms with van der Waals surface area (Å²) in [7, 11) is 0. The molecule has 7 nitrogen and oxygen atoms in total. The Labute approximate surface area is 100.0 Å². The zero-order valence-corrected chi connectivity index (χ0v) is 10.3. The minimum atomic E-state index is -0.659. The van der Waals surface area contributed by atoms with Crippen molar-refractivity contribution >= 4 is 6.09 Å². The smallest absolute Gasteiger partial charge is 0.410 e. The highest BCUT2D eigenvalue weighted by molar-refractivity contribution is 5.68. The van der Waals surface area contributed by atoms with E-state index in [0.717, 1.165) is 0 Å². The van der Waals surface area contributed by atoms with Crippen LogP contribution in [0.5, 0.6) is 0 Å². The van der Waals surface area contributed by atoms with Crippen molar-refractivity contribution in [1.29, 1.82) is 0 Å². The molecule has 1 amide bonds. The maximum Gasteiger partial charge on any atom is 0.410 e. The lowest BCUT2D eigenvalue weighted by Gasteiger charge is -2.24. The number of hydrogen-bond donors (Lipinski definition) is 1. The maximum atomic E-state index is 11.7.